The standard InChI is InChI=1S/C13H17N5O2S/c1-10-2-3-12(6-11(10)7-14)21(19,20)18-5-4-17-9-15-16-13(17)8-18/h2-3,6,9H,4-5,7-8,14H2,1H3. The Balaban J connectivity index is 1.94. The molecule has 1 aliphatic rings. The smallest absolute Gasteiger partial charge is 0.243 e. The van der Waals surface area contributed by atoms with Gasteiger partial charge < -0.3 is 10.3 Å². The van der Waals surface area contributed by atoms with Crippen molar-refractivity contribution in [3.63, 3.8) is 0 Å². The van der Waals surface area contributed by atoms with E-state index in [-0.39, 0.29) is 11.4 Å². The van der Waals surface area contributed by atoms with Crippen LogP contribution in [-0.4, -0.2) is 34.0 Å². The van der Waals surface area contributed by atoms with Crippen molar-refractivity contribution >= 4 is 10.0 Å². The summed E-state index contributed by atoms with van der Waals surface area (Å²) in [5.74, 6) is 0.663. The van der Waals surface area contributed by atoms with Crippen molar-refractivity contribution in [1.82, 2.24) is 19.1 Å². The zero-order chi connectivity index (χ0) is 15.0. The Morgan fingerprint density at radius 2 is 2.14 bits per heavy atom. The van der Waals surface area contributed by atoms with Crippen LogP contribution >= 0.6 is 0 Å². The Bertz CT molecular complexity index is 769. The number of sulfonamides is 1. The van der Waals surface area contributed by atoms with Gasteiger partial charge in [-0.3, -0.25) is 0 Å². The Kier molecular flexibility index (Phi) is 3.52. The largest absolute Gasteiger partial charge is 0.326 e. The van der Waals surface area contributed by atoms with Gasteiger partial charge in [-0.1, -0.05) is 6.07 Å². The third kappa shape index (κ3) is 2.45. The fraction of sp³-hybridized carbons (Fsp3) is 0.385. The minimum Gasteiger partial charge on any atom is -0.326 e. The molecule has 0 amide bonds. The van der Waals surface area contributed by atoms with E-state index in [2.05, 4.69) is 10.2 Å². The average Bonchev–Trinajstić information content (AvgIpc) is 2.94. The summed E-state index contributed by atoms with van der Waals surface area (Å²) in [7, 11) is -3.54. The van der Waals surface area contributed by atoms with Crippen LogP contribution in [0.2, 0.25) is 0 Å². The summed E-state index contributed by atoms with van der Waals surface area (Å²) in [6, 6.07) is 5.08. The molecule has 8 heteroatoms. The lowest BCUT2D eigenvalue weighted by Gasteiger charge is -2.26. The number of nitrogens with two attached hydrogens (primary N) is 1. The molecule has 2 heterocycles. The van der Waals surface area contributed by atoms with Crippen molar-refractivity contribution in [3.8, 4) is 0 Å². The number of benzene rings is 1. The van der Waals surface area contributed by atoms with Crippen molar-refractivity contribution in [2.45, 2.75) is 31.5 Å². The monoisotopic (exact) mass is 307 g/mol. The molecular weight excluding hydrogens is 290 g/mol. The summed E-state index contributed by atoms with van der Waals surface area (Å²) in [4.78, 5) is 0.279. The SMILES string of the molecule is Cc1ccc(S(=O)(=O)N2CCn3cnnc3C2)cc1CN. The average molecular weight is 307 g/mol. The molecule has 0 spiro atoms. The molecule has 0 saturated carbocycles. The number of aryl methyl sites for hydroxylation is 1. The van der Waals surface area contributed by atoms with Crippen LogP contribution in [0.1, 0.15) is 17.0 Å². The van der Waals surface area contributed by atoms with Gasteiger partial charge in [0.25, 0.3) is 0 Å². The van der Waals surface area contributed by atoms with E-state index in [1.807, 2.05) is 11.5 Å². The number of nitrogens with zero attached hydrogens (tertiary/aromatic N) is 4. The van der Waals surface area contributed by atoms with Gasteiger partial charge in [0.2, 0.25) is 10.0 Å². The molecule has 2 aromatic rings. The van der Waals surface area contributed by atoms with Crippen molar-refractivity contribution in [2.24, 2.45) is 5.73 Å². The van der Waals surface area contributed by atoms with Crippen molar-refractivity contribution in [3.05, 3.63) is 41.5 Å². The van der Waals surface area contributed by atoms with Crippen molar-refractivity contribution in [2.75, 3.05) is 6.54 Å². The number of hydrogen-bond donors (Lipinski definition) is 1. The first kappa shape index (κ1) is 14.2. The second-order valence-corrected chi connectivity index (χ2v) is 7.01. The predicted molar refractivity (Wildman–Crippen MR) is 76.7 cm³/mol. The molecule has 7 nitrogen and oxygen atoms in total. The van der Waals surface area contributed by atoms with E-state index in [1.54, 1.807) is 24.5 Å². The highest BCUT2D eigenvalue weighted by molar-refractivity contribution is 7.89. The molecular formula is C13H17N5O2S. The molecule has 0 radical (unpaired) electrons. The number of aromatic nitrogens is 3. The van der Waals surface area contributed by atoms with Crippen LogP contribution in [0.15, 0.2) is 29.4 Å². The summed E-state index contributed by atoms with van der Waals surface area (Å²) >= 11 is 0. The number of hydrogen-bond acceptors (Lipinski definition) is 5. The topological polar surface area (TPSA) is 94.1 Å². The summed E-state index contributed by atoms with van der Waals surface area (Å²) in [6.07, 6.45) is 1.62. The molecule has 21 heavy (non-hydrogen) atoms. The van der Waals surface area contributed by atoms with Crippen LogP contribution in [0.4, 0.5) is 0 Å². The van der Waals surface area contributed by atoms with E-state index >= 15 is 0 Å². The maximum Gasteiger partial charge on any atom is 0.243 e. The highest BCUT2D eigenvalue weighted by Gasteiger charge is 2.29. The zero-order valence-electron chi connectivity index (χ0n) is 11.7. The second kappa shape index (κ2) is 5.21. The number of rotatable bonds is 3. The van der Waals surface area contributed by atoms with Crippen LogP contribution in [0, 0.1) is 6.92 Å². The first-order chi connectivity index (χ1) is 10.0. The van der Waals surface area contributed by atoms with Gasteiger partial charge in [-0.25, -0.2) is 8.42 Å². The Morgan fingerprint density at radius 3 is 2.90 bits per heavy atom. The van der Waals surface area contributed by atoms with E-state index < -0.39 is 10.0 Å². The van der Waals surface area contributed by atoms with Gasteiger partial charge in [-0.05, 0) is 30.2 Å². The number of fused-ring (bicyclic) bond motifs is 1. The quantitative estimate of drug-likeness (QED) is 0.877. The zero-order valence-corrected chi connectivity index (χ0v) is 12.5. The van der Waals surface area contributed by atoms with E-state index in [0.717, 1.165) is 11.1 Å². The van der Waals surface area contributed by atoms with Crippen molar-refractivity contribution in [1.29, 1.82) is 0 Å². The van der Waals surface area contributed by atoms with Crippen LogP contribution in [0.25, 0.3) is 0 Å². The highest BCUT2D eigenvalue weighted by Crippen LogP contribution is 2.22. The molecule has 1 aromatic carbocycles. The van der Waals surface area contributed by atoms with E-state index in [4.69, 9.17) is 5.73 Å². The minimum atomic E-state index is -3.54. The predicted octanol–water partition coefficient (Wildman–Crippen LogP) is 0.250. The molecule has 0 aliphatic carbocycles. The Morgan fingerprint density at radius 1 is 1.33 bits per heavy atom. The third-order valence-electron chi connectivity index (χ3n) is 3.78. The fourth-order valence-corrected chi connectivity index (χ4v) is 3.86. The third-order valence-corrected chi connectivity index (χ3v) is 5.62. The molecule has 3 rings (SSSR count). The first-order valence-corrected chi connectivity index (χ1v) is 8.13. The van der Waals surface area contributed by atoms with Gasteiger partial charge in [0.05, 0.1) is 11.4 Å². The minimum absolute atomic E-state index is 0.244. The maximum atomic E-state index is 12.7. The summed E-state index contributed by atoms with van der Waals surface area (Å²) in [6.45, 7) is 3.47. The molecule has 1 aromatic heterocycles. The summed E-state index contributed by atoms with van der Waals surface area (Å²) in [5.41, 5.74) is 7.50. The lowest BCUT2D eigenvalue weighted by atomic mass is 10.1. The lowest BCUT2D eigenvalue weighted by molar-refractivity contribution is 0.335. The van der Waals surface area contributed by atoms with Crippen LogP contribution in [-0.2, 0) is 29.7 Å². The van der Waals surface area contributed by atoms with E-state index in [1.165, 1.54) is 4.31 Å². The molecule has 0 atom stereocenters. The summed E-state index contributed by atoms with van der Waals surface area (Å²) in [5, 5.41) is 7.76. The van der Waals surface area contributed by atoms with E-state index in [9.17, 15) is 8.42 Å². The molecule has 0 bridgehead atoms. The van der Waals surface area contributed by atoms with Gasteiger partial charge in [-0.15, -0.1) is 10.2 Å². The van der Waals surface area contributed by atoms with Crippen LogP contribution < -0.4 is 5.73 Å². The lowest BCUT2D eigenvalue weighted by Crippen LogP contribution is -2.38. The first-order valence-electron chi connectivity index (χ1n) is 6.69. The van der Waals surface area contributed by atoms with Crippen LogP contribution in [0.5, 0.6) is 0 Å². The normalized spacial score (nSPS) is 15.9. The van der Waals surface area contributed by atoms with Crippen LogP contribution in [0.3, 0.4) is 0 Å². The molecule has 112 valence electrons. The van der Waals surface area contributed by atoms with Gasteiger partial charge in [-0.2, -0.15) is 4.31 Å². The van der Waals surface area contributed by atoms with Gasteiger partial charge in [0.15, 0.2) is 0 Å². The molecule has 0 saturated heterocycles. The molecule has 0 unspecified atom stereocenters. The second-order valence-electron chi connectivity index (χ2n) is 5.07. The molecule has 2 N–H and O–H groups in total. The highest BCUT2D eigenvalue weighted by atomic mass is 32.2. The van der Waals surface area contributed by atoms with Gasteiger partial charge in [0, 0.05) is 19.6 Å². The fourth-order valence-electron chi connectivity index (χ4n) is 2.43. The molecule has 0 fully saturated rings. The molecule has 1 aliphatic heterocycles. The van der Waals surface area contributed by atoms with Crippen molar-refractivity contribution < 1.29 is 8.42 Å². The van der Waals surface area contributed by atoms with E-state index in [0.29, 0.717) is 25.5 Å². The maximum absolute atomic E-state index is 12.7. The van der Waals surface area contributed by atoms with Gasteiger partial charge in [0.1, 0.15) is 12.2 Å². The Labute approximate surface area is 123 Å². The summed E-state index contributed by atoms with van der Waals surface area (Å²) < 4.78 is 28.8. The Hall–Kier alpha value is -1.77. The van der Waals surface area contributed by atoms with Gasteiger partial charge >= 0.3 is 0 Å².